The minimum Gasteiger partial charge on any atom is -0.352 e. The van der Waals surface area contributed by atoms with E-state index in [2.05, 4.69) is 21.6 Å². The van der Waals surface area contributed by atoms with Crippen molar-refractivity contribution in [2.24, 2.45) is 0 Å². The van der Waals surface area contributed by atoms with Crippen molar-refractivity contribution in [1.82, 2.24) is 29.7 Å². The predicted molar refractivity (Wildman–Crippen MR) is 199 cm³/mol. The van der Waals surface area contributed by atoms with Gasteiger partial charge < -0.3 is 29.9 Å². The first-order valence-corrected chi connectivity index (χ1v) is 18.7. The molecule has 272 valence electrons. The van der Waals surface area contributed by atoms with Gasteiger partial charge in [0.05, 0.1) is 23.2 Å². The monoisotopic (exact) mass is 706 g/mol. The van der Waals surface area contributed by atoms with E-state index in [1.807, 2.05) is 48.4 Å². The van der Waals surface area contributed by atoms with Gasteiger partial charge in [0.25, 0.3) is 5.91 Å². The molecule has 0 unspecified atom stereocenters. The summed E-state index contributed by atoms with van der Waals surface area (Å²) in [5.41, 5.74) is 4.98. The summed E-state index contributed by atoms with van der Waals surface area (Å²) in [6.45, 7) is 12.7. The third kappa shape index (κ3) is 5.53. The first-order chi connectivity index (χ1) is 25.0. The molecular weight excluding hydrogens is 659 g/mol. The van der Waals surface area contributed by atoms with Crippen LogP contribution in [0.15, 0.2) is 42.7 Å². The van der Waals surface area contributed by atoms with Gasteiger partial charge in [-0.25, -0.2) is 14.4 Å². The SMILES string of the molecule is CCNC(=O)c1cc(Nc2nc(-c3ccc4c(c3)N([C@H]3C[C@@H](N5CCCCC5)C3)C(=O)C43CN(C(C)=O)C3)cc3ncn(C(C)C)c23)c(F)cc1C. The molecular formula is C40H47FN8O3. The van der Waals surface area contributed by atoms with E-state index in [9.17, 15) is 14.4 Å². The molecule has 3 fully saturated rings. The number of aryl methyl sites for hydroxylation is 1. The van der Waals surface area contributed by atoms with Gasteiger partial charge in [-0.15, -0.1) is 0 Å². The van der Waals surface area contributed by atoms with Crippen LogP contribution in [0.5, 0.6) is 0 Å². The van der Waals surface area contributed by atoms with Crippen molar-refractivity contribution in [2.45, 2.75) is 90.3 Å². The van der Waals surface area contributed by atoms with Gasteiger partial charge in [-0.05, 0) is 102 Å². The molecule has 1 aliphatic carbocycles. The van der Waals surface area contributed by atoms with Gasteiger partial charge in [0, 0.05) is 61.5 Å². The predicted octanol–water partition coefficient (Wildman–Crippen LogP) is 6.08. The summed E-state index contributed by atoms with van der Waals surface area (Å²) in [6.07, 6.45) is 7.39. The Bertz CT molecular complexity index is 2090. The highest BCUT2D eigenvalue weighted by Crippen LogP contribution is 2.51. The molecule has 5 heterocycles. The average molecular weight is 707 g/mol. The van der Waals surface area contributed by atoms with Gasteiger partial charge in [-0.1, -0.05) is 18.6 Å². The number of rotatable bonds is 8. The maximum Gasteiger partial charge on any atom is 0.251 e. The largest absolute Gasteiger partial charge is 0.352 e. The fourth-order valence-corrected chi connectivity index (χ4v) is 8.68. The van der Waals surface area contributed by atoms with Crippen molar-refractivity contribution in [3.05, 3.63) is 65.2 Å². The van der Waals surface area contributed by atoms with E-state index >= 15 is 4.39 Å². The molecule has 12 heteroatoms. The van der Waals surface area contributed by atoms with Crippen LogP contribution in [0.25, 0.3) is 22.3 Å². The number of aromatic nitrogens is 3. The second-order valence-electron chi connectivity index (χ2n) is 15.3. The molecule has 4 aromatic rings. The van der Waals surface area contributed by atoms with Crippen molar-refractivity contribution in [3.8, 4) is 11.3 Å². The molecule has 2 aromatic heterocycles. The van der Waals surface area contributed by atoms with Gasteiger partial charge in [-0.3, -0.25) is 14.4 Å². The number of piperidine rings is 1. The van der Waals surface area contributed by atoms with E-state index in [0.717, 1.165) is 42.7 Å². The highest BCUT2D eigenvalue weighted by Gasteiger charge is 2.61. The van der Waals surface area contributed by atoms with Gasteiger partial charge in [0.2, 0.25) is 11.8 Å². The molecule has 2 saturated heterocycles. The van der Waals surface area contributed by atoms with E-state index < -0.39 is 11.2 Å². The molecule has 3 amide bonds. The van der Waals surface area contributed by atoms with Gasteiger partial charge in [0.1, 0.15) is 16.7 Å². The molecule has 52 heavy (non-hydrogen) atoms. The van der Waals surface area contributed by atoms with Crippen LogP contribution in [-0.4, -0.2) is 86.9 Å². The standard InChI is InChI=1S/C40H47FN8O3/c1-6-42-38(51)29-18-33(31(41)14-24(29)4)45-37-36-34(43-22-48(36)23(2)3)19-32(44-37)26-10-11-30-35(15-26)49(39(52)40(30)20-47(21-40)25(5)50)28-16-27(17-28)46-12-8-7-9-13-46/h10-11,14-15,18-19,22-23,27-28H,6-9,12-13,16-17,20-21H2,1-5H3,(H,42,51)(H,44,45)/t27-,28+. The Morgan fingerprint density at radius 1 is 1.04 bits per heavy atom. The van der Waals surface area contributed by atoms with Crippen LogP contribution in [0.1, 0.15) is 87.3 Å². The summed E-state index contributed by atoms with van der Waals surface area (Å²) in [5, 5.41) is 6.03. The third-order valence-corrected chi connectivity index (χ3v) is 11.7. The molecule has 1 spiro atoms. The smallest absolute Gasteiger partial charge is 0.251 e. The molecule has 11 nitrogen and oxygen atoms in total. The number of fused-ring (bicyclic) bond motifs is 3. The van der Waals surface area contributed by atoms with Crippen molar-refractivity contribution in [1.29, 1.82) is 0 Å². The molecule has 3 aliphatic heterocycles. The lowest BCUT2D eigenvalue weighted by Gasteiger charge is -2.50. The Hall–Kier alpha value is -4.84. The zero-order valence-corrected chi connectivity index (χ0v) is 30.6. The summed E-state index contributed by atoms with van der Waals surface area (Å²) in [6, 6.07) is 11.5. The lowest BCUT2D eigenvalue weighted by molar-refractivity contribution is -0.142. The van der Waals surface area contributed by atoms with Crippen molar-refractivity contribution in [3.63, 3.8) is 0 Å². The minimum atomic E-state index is -0.735. The van der Waals surface area contributed by atoms with E-state index in [1.54, 1.807) is 25.1 Å². The molecule has 8 rings (SSSR count). The molecule has 4 aliphatic rings. The number of carbonyl (C=O) groups is 3. The van der Waals surface area contributed by atoms with E-state index in [1.165, 1.54) is 31.4 Å². The molecule has 1 saturated carbocycles. The summed E-state index contributed by atoms with van der Waals surface area (Å²) < 4.78 is 17.5. The average Bonchev–Trinajstić information content (AvgIpc) is 3.62. The van der Waals surface area contributed by atoms with Crippen LogP contribution in [0, 0.1) is 12.7 Å². The lowest BCUT2D eigenvalue weighted by atomic mass is 9.74. The fraction of sp³-hybridized carbons (Fsp3) is 0.475. The van der Waals surface area contributed by atoms with Crippen LogP contribution in [-0.2, 0) is 15.0 Å². The number of carbonyl (C=O) groups excluding carboxylic acids is 3. The molecule has 2 N–H and O–H groups in total. The van der Waals surface area contributed by atoms with Crippen molar-refractivity contribution in [2.75, 3.05) is 42.9 Å². The van der Waals surface area contributed by atoms with Crippen LogP contribution in [0.2, 0.25) is 0 Å². The molecule has 2 aromatic carbocycles. The quantitative estimate of drug-likeness (QED) is 0.228. The van der Waals surface area contributed by atoms with E-state index in [-0.39, 0.29) is 35.5 Å². The highest BCUT2D eigenvalue weighted by atomic mass is 19.1. The highest BCUT2D eigenvalue weighted by molar-refractivity contribution is 6.11. The maximum atomic E-state index is 15.5. The summed E-state index contributed by atoms with van der Waals surface area (Å²) in [4.78, 5) is 55.7. The number of pyridine rings is 1. The first kappa shape index (κ1) is 34.3. The van der Waals surface area contributed by atoms with Crippen LogP contribution >= 0.6 is 0 Å². The molecule has 0 atom stereocenters. The zero-order valence-electron chi connectivity index (χ0n) is 30.6. The number of likely N-dealkylation sites (tertiary alicyclic amines) is 2. The maximum absolute atomic E-state index is 15.5. The number of nitrogens with one attached hydrogen (secondary N) is 2. The third-order valence-electron chi connectivity index (χ3n) is 11.7. The van der Waals surface area contributed by atoms with Crippen LogP contribution in [0.3, 0.4) is 0 Å². The molecule has 0 bridgehead atoms. The normalized spacial score (nSPS) is 21.0. The van der Waals surface area contributed by atoms with Crippen molar-refractivity contribution < 1.29 is 18.8 Å². The van der Waals surface area contributed by atoms with Gasteiger partial charge >= 0.3 is 0 Å². The number of nitrogens with zero attached hydrogens (tertiary/aromatic N) is 6. The lowest BCUT2D eigenvalue weighted by Crippen LogP contribution is -2.66. The summed E-state index contributed by atoms with van der Waals surface area (Å²) >= 11 is 0. The van der Waals surface area contributed by atoms with E-state index in [4.69, 9.17) is 9.97 Å². The Kier molecular flexibility index (Phi) is 8.55. The number of amides is 3. The second kappa shape index (κ2) is 13.0. The number of benzene rings is 2. The second-order valence-corrected chi connectivity index (χ2v) is 15.3. The Morgan fingerprint density at radius 3 is 2.48 bits per heavy atom. The number of imidazole rings is 1. The van der Waals surface area contributed by atoms with Gasteiger partial charge in [-0.2, -0.15) is 0 Å². The number of halogens is 1. The molecule has 0 radical (unpaired) electrons. The fourth-order valence-electron chi connectivity index (χ4n) is 8.68. The number of hydrogen-bond donors (Lipinski definition) is 2. The van der Waals surface area contributed by atoms with Gasteiger partial charge in [0.15, 0.2) is 5.82 Å². The Balaban J connectivity index is 1.19. The topological polar surface area (TPSA) is 116 Å². The first-order valence-electron chi connectivity index (χ1n) is 18.7. The van der Waals surface area contributed by atoms with Crippen LogP contribution in [0.4, 0.5) is 21.6 Å². The summed E-state index contributed by atoms with van der Waals surface area (Å²) in [7, 11) is 0. The Labute approximate surface area is 303 Å². The van der Waals surface area contributed by atoms with Crippen LogP contribution < -0.4 is 15.5 Å². The summed E-state index contributed by atoms with van der Waals surface area (Å²) in [5.74, 6) is -0.304. The minimum absolute atomic E-state index is 0.0228. The van der Waals surface area contributed by atoms with E-state index in [0.29, 0.717) is 59.3 Å². The Morgan fingerprint density at radius 2 is 1.79 bits per heavy atom. The number of hydrogen-bond acceptors (Lipinski definition) is 7. The zero-order chi connectivity index (χ0) is 36.5. The van der Waals surface area contributed by atoms with Crippen molar-refractivity contribution >= 4 is 45.9 Å². The number of anilines is 3.